The van der Waals surface area contributed by atoms with E-state index in [1.165, 1.54) is 0 Å². The van der Waals surface area contributed by atoms with E-state index < -0.39 is 0 Å². The number of allylic oxidation sites excluding steroid dienone is 4. The molecule has 0 heterocycles. The fraction of sp³-hybridized carbons (Fsp3) is 0.0625. The topological polar surface area (TPSA) is 60.7 Å². The quantitative estimate of drug-likeness (QED) is 0.287. The summed E-state index contributed by atoms with van der Waals surface area (Å²) in [5.41, 5.74) is 5.69. The Bertz CT molecular complexity index is 1450. The zero-order chi connectivity index (χ0) is 24.2. The SMILES string of the molecule is Oc1ccc(C2=CC(C(c3ccccc3)c3cc(-c4ccc(O)cc4)ccc3O)C#CC=C2)cc1. The van der Waals surface area contributed by atoms with Crippen LogP contribution in [0.1, 0.15) is 22.6 Å². The average Bonchev–Trinajstić information content (AvgIpc) is 3.13. The van der Waals surface area contributed by atoms with Gasteiger partial charge in [0.05, 0.1) is 5.92 Å². The van der Waals surface area contributed by atoms with E-state index in [1.807, 2.05) is 66.7 Å². The third-order valence-corrected chi connectivity index (χ3v) is 6.24. The van der Waals surface area contributed by atoms with Gasteiger partial charge in [0.2, 0.25) is 0 Å². The van der Waals surface area contributed by atoms with E-state index in [9.17, 15) is 15.3 Å². The molecule has 0 saturated carbocycles. The maximum Gasteiger partial charge on any atom is 0.119 e. The molecular weight excluding hydrogens is 432 g/mol. The highest BCUT2D eigenvalue weighted by molar-refractivity contribution is 5.76. The van der Waals surface area contributed by atoms with Gasteiger partial charge in [0.25, 0.3) is 0 Å². The van der Waals surface area contributed by atoms with E-state index in [2.05, 4.69) is 30.0 Å². The van der Waals surface area contributed by atoms with E-state index in [1.54, 1.807) is 30.3 Å². The van der Waals surface area contributed by atoms with Crippen molar-refractivity contribution in [2.45, 2.75) is 5.92 Å². The van der Waals surface area contributed by atoms with E-state index in [0.717, 1.165) is 33.4 Å². The molecule has 0 radical (unpaired) electrons. The van der Waals surface area contributed by atoms with Crippen LogP contribution in [0.5, 0.6) is 17.2 Å². The van der Waals surface area contributed by atoms with Crippen LogP contribution in [0.25, 0.3) is 16.7 Å². The van der Waals surface area contributed by atoms with E-state index >= 15 is 0 Å². The monoisotopic (exact) mass is 456 g/mol. The molecule has 5 rings (SSSR count). The van der Waals surface area contributed by atoms with Crippen LogP contribution in [0.15, 0.2) is 115 Å². The van der Waals surface area contributed by atoms with Gasteiger partial charge in [0.15, 0.2) is 0 Å². The lowest BCUT2D eigenvalue weighted by Gasteiger charge is -2.24. The summed E-state index contributed by atoms with van der Waals surface area (Å²) in [5, 5.41) is 30.4. The minimum atomic E-state index is -0.215. The third-order valence-electron chi connectivity index (χ3n) is 6.24. The second kappa shape index (κ2) is 9.67. The second-order valence-corrected chi connectivity index (χ2v) is 8.53. The van der Waals surface area contributed by atoms with Crippen LogP contribution in [-0.2, 0) is 0 Å². The molecule has 0 bridgehead atoms. The van der Waals surface area contributed by atoms with Crippen LogP contribution in [0.2, 0.25) is 0 Å². The van der Waals surface area contributed by atoms with Gasteiger partial charge in [0.1, 0.15) is 17.2 Å². The van der Waals surface area contributed by atoms with Crippen molar-refractivity contribution in [3.8, 4) is 40.2 Å². The number of rotatable bonds is 5. The minimum Gasteiger partial charge on any atom is -0.508 e. The van der Waals surface area contributed by atoms with Crippen LogP contribution >= 0.6 is 0 Å². The van der Waals surface area contributed by atoms with E-state index in [-0.39, 0.29) is 29.1 Å². The molecule has 0 fully saturated rings. The van der Waals surface area contributed by atoms with Crippen molar-refractivity contribution >= 4 is 5.57 Å². The zero-order valence-electron chi connectivity index (χ0n) is 19.0. The predicted molar refractivity (Wildman–Crippen MR) is 140 cm³/mol. The van der Waals surface area contributed by atoms with E-state index in [0.29, 0.717) is 0 Å². The molecule has 3 N–H and O–H groups in total. The molecule has 35 heavy (non-hydrogen) atoms. The van der Waals surface area contributed by atoms with Gasteiger partial charge in [0, 0.05) is 11.5 Å². The van der Waals surface area contributed by atoms with Crippen LogP contribution < -0.4 is 0 Å². The van der Waals surface area contributed by atoms with Gasteiger partial charge in [-0.05, 0) is 76.4 Å². The van der Waals surface area contributed by atoms with Crippen molar-refractivity contribution in [3.63, 3.8) is 0 Å². The van der Waals surface area contributed by atoms with Crippen molar-refractivity contribution in [1.29, 1.82) is 0 Å². The van der Waals surface area contributed by atoms with Gasteiger partial charge in [-0.2, -0.15) is 0 Å². The normalized spacial score (nSPS) is 15.4. The number of benzene rings is 4. The Morgan fingerprint density at radius 1 is 0.657 bits per heavy atom. The molecule has 2 unspecified atom stereocenters. The fourth-order valence-electron chi connectivity index (χ4n) is 4.47. The van der Waals surface area contributed by atoms with Gasteiger partial charge < -0.3 is 15.3 Å². The number of hydrogen-bond donors (Lipinski definition) is 3. The predicted octanol–water partition coefficient (Wildman–Crippen LogP) is 6.88. The molecule has 0 spiro atoms. The Kier molecular flexibility index (Phi) is 6.11. The number of aromatic hydroxyl groups is 3. The summed E-state index contributed by atoms with van der Waals surface area (Å²) in [6, 6.07) is 29.9. The molecule has 0 amide bonds. The Balaban J connectivity index is 1.64. The Hall–Kier alpha value is -4.68. The number of phenols is 3. The molecule has 1 aliphatic carbocycles. The van der Waals surface area contributed by atoms with Crippen molar-refractivity contribution in [2.24, 2.45) is 5.92 Å². The summed E-state index contributed by atoms with van der Waals surface area (Å²) < 4.78 is 0. The van der Waals surface area contributed by atoms with Gasteiger partial charge in [-0.3, -0.25) is 0 Å². The summed E-state index contributed by atoms with van der Waals surface area (Å²) in [5.74, 6) is 6.75. The Morgan fingerprint density at radius 3 is 1.97 bits per heavy atom. The Labute approximate surface area is 205 Å². The lowest BCUT2D eigenvalue weighted by atomic mass is 9.78. The first kappa shape index (κ1) is 22.1. The van der Waals surface area contributed by atoms with Crippen LogP contribution in [-0.4, -0.2) is 15.3 Å². The minimum absolute atomic E-state index is 0.208. The standard InChI is InChI=1S/C32H24O3/c33-28-15-10-22(11-16-28)25-8-4-5-9-27(20-25)32(24-6-2-1-3-7-24)30-21-26(14-19-31(30)35)23-12-17-29(34)18-13-23/h1-4,6-8,10-21,27,32-35H. The highest BCUT2D eigenvalue weighted by Gasteiger charge is 2.26. The summed E-state index contributed by atoms with van der Waals surface area (Å²) in [6.45, 7) is 0. The van der Waals surface area contributed by atoms with Crippen molar-refractivity contribution < 1.29 is 15.3 Å². The summed E-state index contributed by atoms with van der Waals surface area (Å²) >= 11 is 0. The van der Waals surface area contributed by atoms with Gasteiger partial charge in [-0.15, -0.1) is 0 Å². The largest absolute Gasteiger partial charge is 0.508 e. The fourth-order valence-corrected chi connectivity index (χ4v) is 4.47. The molecule has 1 aliphatic rings. The molecular formula is C32H24O3. The zero-order valence-corrected chi connectivity index (χ0v) is 19.0. The van der Waals surface area contributed by atoms with Crippen molar-refractivity contribution in [2.75, 3.05) is 0 Å². The number of phenolic OH excluding ortho intramolecular Hbond substituents is 3. The number of hydrogen-bond acceptors (Lipinski definition) is 3. The third kappa shape index (κ3) is 4.83. The molecule has 2 atom stereocenters. The maximum atomic E-state index is 11.0. The summed E-state index contributed by atoms with van der Waals surface area (Å²) in [6.07, 6.45) is 5.95. The molecule has 3 heteroatoms. The van der Waals surface area contributed by atoms with Gasteiger partial charge in [-0.1, -0.05) is 78.6 Å². The molecule has 0 aliphatic heterocycles. The highest BCUT2D eigenvalue weighted by Crippen LogP contribution is 2.41. The Morgan fingerprint density at radius 2 is 1.29 bits per heavy atom. The van der Waals surface area contributed by atoms with Crippen LogP contribution in [0, 0.1) is 17.8 Å². The van der Waals surface area contributed by atoms with Crippen molar-refractivity contribution in [3.05, 3.63) is 132 Å². The highest BCUT2D eigenvalue weighted by atomic mass is 16.3. The summed E-state index contributed by atoms with van der Waals surface area (Å²) in [7, 11) is 0. The summed E-state index contributed by atoms with van der Waals surface area (Å²) in [4.78, 5) is 0. The lowest BCUT2D eigenvalue weighted by molar-refractivity contribution is 0.461. The average molecular weight is 457 g/mol. The van der Waals surface area contributed by atoms with Crippen molar-refractivity contribution in [1.82, 2.24) is 0 Å². The molecule has 4 aromatic rings. The molecule has 0 saturated heterocycles. The van der Waals surface area contributed by atoms with Crippen LogP contribution in [0.3, 0.4) is 0 Å². The first-order valence-corrected chi connectivity index (χ1v) is 11.4. The molecule has 0 aromatic heterocycles. The van der Waals surface area contributed by atoms with Crippen LogP contribution in [0.4, 0.5) is 0 Å². The smallest absolute Gasteiger partial charge is 0.119 e. The van der Waals surface area contributed by atoms with Gasteiger partial charge in [-0.25, -0.2) is 0 Å². The first-order chi connectivity index (χ1) is 17.1. The molecule has 4 aromatic carbocycles. The molecule has 3 nitrogen and oxygen atoms in total. The van der Waals surface area contributed by atoms with E-state index in [4.69, 9.17) is 0 Å². The molecule has 170 valence electrons. The second-order valence-electron chi connectivity index (χ2n) is 8.53. The lowest BCUT2D eigenvalue weighted by Crippen LogP contribution is -2.12. The maximum absolute atomic E-state index is 11.0. The first-order valence-electron chi connectivity index (χ1n) is 11.4. The van der Waals surface area contributed by atoms with Gasteiger partial charge >= 0.3 is 0 Å².